The van der Waals surface area contributed by atoms with Gasteiger partial charge in [-0.3, -0.25) is 0 Å². The van der Waals surface area contributed by atoms with E-state index < -0.39 is 11.6 Å². The van der Waals surface area contributed by atoms with Gasteiger partial charge in [0.15, 0.2) is 0 Å². The highest BCUT2D eigenvalue weighted by Crippen LogP contribution is 2.08. The highest BCUT2D eigenvalue weighted by Gasteiger charge is 2.14. The number of esters is 1. The minimum absolute atomic E-state index is 0.154. The van der Waals surface area contributed by atoms with Gasteiger partial charge in [-0.2, -0.15) is 0 Å². The fourth-order valence-electron chi connectivity index (χ4n) is 0.518. The Labute approximate surface area is 77.5 Å². The Bertz CT molecular complexity index is 194. The molecule has 0 saturated heterocycles. The molecule has 0 aliphatic carbocycles. The van der Waals surface area contributed by atoms with Gasteiger partial charge in [0, 0.05) is 17.7 Å². The van der Waals surface area contributed by atoms with E-state index in [2.05, 4.69) is 0 Å². The van der Waals surface area contributed by atoms with E-state index in [0.29, 0.717) is 5.03 Å². The highest BCUT2D eigenvalue weighted by atomic mass is 35.5. The number of rotatable bonds is 2. The minimum atomic E-state index is -0.487. The SMILES string of the molecule is CC(C)(C)OC(=O)/C=C(\Cl)CN. The summed E-state index contributed by atoms with van der Waals surface area (Å²) in [5, 5.41) is 0.296. The molecular weight excluding hydrogens is 178 g/mol. The van der Waals surface area contributed by atoms with Crippen LogP contribution in [0.1, 0.15) is 20.8 Å². The minimum Gasteiger partial charge on any atom is -0.457 e. The van der Waals surface area contributed by atoms with Gasteiger partial charge in [-0.05, 0) is 20.8 Å². The number of carbonyl (C=O) groups is 1. The zero-order chi connectivity index (χ0) is 9.78. The van der Waals surface area contributed by atoms with Crippen molar-refractivity contribution in [1.82, 2.24) is 0 Å². The summed E-state index contributed by atoms with van der Waals surface area (Å²) >= 11 is 5.52. The number of carbonyl (C=O) groups excluding carboxylic acids is 1. The fourth-order valence-corrected chi connectivity index (χ4v) is 0.607. The predicted molar refractivity (Wildman–Crippen MR) is 48.8 cm³/mol. The lowest BCUT2D eigenvalue weighted by atomic mass is 10.2. The smallest absolute Gasteiger partial charge is 0.332 e. The summed E-state index contributed by atoms with van der Waals surface area (Å²) in [7, 11) is 0. The molecule has 0 aliphatic heterocycles. The van der Waals surface area contributed by atoms with Gasteiger partial charge >= 0.3 is 5.97 Å². The van der Waals surface area contributed by atoms with Crippen LogP contribution in [-0.2, 0) is 9.53 Å². The van der Waals surface area contributed by atoms with Crippen LogP contribution in [0, 0.1) is 0 Å². The Morgan fingerprint density at radius 3 is 2.42 bits per heavy atom. The van der Waals surface area contributed by atoms with Gasteiger partial charge in [0.2, 0.25) is 0 Å². The molecule has 12 heavy (non-hydrogen) atoms. The van der Waals surface area contributed by atoms with Crippen molar-refractivity contribution in [3.05, 3.63) is 11.1 Å². The van der Waals surface area contributed by atoms with Crippen LogP contribution in [0.25, 0.3) is 0 Å². The van der Waals surface area contributed by atoms with Crippen molar-refractivity contribution in [2.75, 3.05) is 6.54 Å². The third-order valence-electron chi connectivity index (χ3n) is 0.876. The third-order valence-corrected chi connectivity index (χ3v) is 1.14. The van der Waals surface area contributed by atoms with Crippen LogP contribution in [0.3, 0.4) is 0 Å². The van der Waals surface area contributed by atoms with Gasteiger partial charge in [-0.25, -0.2) is 4.79 Å². The van der Waals surface area contributed by atoms with Crippen molar-refractivity contribution >= 4 is 17.6 Å². The Kier molecular flexibility index (Phi) is 4.28. The second kappa shape index (κ2) is 4.48. The number of nitrogens with two attached hydrogens (primary N) is 1. The molecule has 4 heteroatoms. The molecule has 0 aromatic carbocycles. The molecule has 0 radical (unpaired) electrons. The standard InChI is InChI=1S/C8H14ClNO2/c1-8(2,3)12-7(11)4-6(9)5-10/h4H,5,10H2,1-3H3/b6-4-. The van der Waals surface area contributed by atoms with Crippen molar-refractivity contribution in [2.45, 2.75) is 26.4 Å². The van der Waals surface area contributed by atoms with Crippen LogP contribution in [0.5, 0.6) is 0 Å². The van der Waals surface area contributed by atoms with E-state index >= 15 is 0 Å². The van der Waals surface area contributed by atoms with Gasteiger partial charge in [0.25, 0.3) is 0 Å². The maximum absolute atomic E-state index is 11.0. The summed E-state index contributed by atoms with van der Waals surface area (Å²) in [6.07, 6.45) is 1.19. The lowest BCUT2D eigenvalue weighted by Gasteiger charge is -2.18. The summed E-state index contributed by atoms with van der Waals surface area (Å²) in [6.45, 7) is 5.51. The maximum atomic E-state index is 11.0. The first-order valence-electron chi connectivity index (χ1n) is 3.64. The summed E-state index contributed by atoms with van der Waals surface area (Å²) in [4.78, 5) is 11.0. The van der Waals surface area contributed by atoms with Crippen LogP contribution in [0.2, 0.25) is 0 Å². The Morgan fingerprint density at radius 2 is 2.08 bits per heavy atom. The van der Waals surface area contributed by atoms with E-state index in [-0.39, 0.29) is 6.54 Å². The molecule has 0 spiro atoms. The lowest BCUT2D eigenvalue weighted by molar-refractivity contribution is -0.148. The van der Waals surface area contributed by atoms with E-state index in [1.54, 1.807) is 20.8 Å². The number of hydrogen-bond donors (Lipinski definition) is 1. The molecule has 3 nitrogen and oxygen atoms in total. The molecule has 0 amide bonds. The molecule has 0 heterocycles. The van der Waals surface area contributed by atoms with Crippen molar-refractivity contribution in [3.8, 4) is 0 Å². The second-order valence-corrected chi connectivity index (χ2v) is 3.81. The summed E-state index contributed by atoms with van der Waals surface area (Å²) in [5.41, 5.74) is 4.69. The fraction of sp³-hybridized carbons (Fsp3) is 0.625. The van der Waals surface area contributed by atoms with Gasteiger partial charge in [0.1, 0.15) is 5.60 Å². The molecule has 0 saturated carbocycles. The van der Waals surface area contributed by atoms with Gasteiger partial charge in [-0.15, -0.1) is 0 Å². The topological polar surface area (TPSA) is 52.3 Å². The molecule has 0 rings (SSSR count). The van der Waals surface area contributed by atoms with Gasteiger partial charge < -0.3 is 10.5 Å². The van der Waals surface area contributed by atoms with Gasteiger partial charge in [0.05, 0.1) is 0 Å². The third kappa shape index (κ3) is 6.19. The predicted octanol–water partition coefficient (Wildman–Crippen LogP) is 1.41. The molecule has 2 N–H and O–H groups in total. The molecule has 0 unspecified atom stereocenters. The van der Waals surface area contributed by atoms with Crippen LogP contribution >= 0.6 is 11.6 Å². The van der Waals surface area contributed by atoms with Crippen LogP contribution in [0.15, 0.2) is 11.1 Å². The highest BCUT2D eigenvalue weighted by molar-refractivity contribution is 6.31. The van der Waals surface area contributed by atoms with Crippen molar-refractivity contribution in [2.24, 2.45) is 5.73 Å². The van der Waals surface area contributed by atoms with Gasteiger partial charge in [-0.1, -0.05) is 11.6 Å². The molecule has 0 fully saturated rings. The lowest BCUT2D eigenvalue weighted by Crippen LogP contribution is -2.22. The molecule has 0 aromatic heterocycles. The number of halogens is 1. The molecule has 70 valence electrons. The zero-order valence-electron chi connectivity index (χ0n) is 7.56. The first-order chi connectivity index (χ1) is 5.35. The Balaban J connectivity index is 4.08. The normalized spacial score (nSPS) is 12.9. The zero-order valence-corrected chi connectivity index (χ0v) is 8.31. The van der Waals surface area contributed by atoms with E-state index in [9.17, 15) is 4.79 Å². The first kappa shape index (κ1) is 11.5. The van der Waals surface area contributed by atoms with E-state index in [0.717, 1.165) is 0 Å². The Hall–Kier alpha value is -0.540. The summed E-state index contributed by atoms with van der Waals surface area (Å²) < 4.78 is 4.95. The molecule has 0 aromatic rings. The Morgan fingerprint density at radius 1 is 1.58 bits per heavy atom. The average molecular weight is 192 g/mol. The molecule has 0 aliphatic rings. The quantitative estimate of drug-likeness (QED) is 0.531. The number of ether oxygens (including phenoxy) is 1. The molecule has 0 atom stereocenters. The van der Waals surface area contributed by atoms with E-state index in [1.807, 2.05) is 0 Å². The average Bonchev–Trinajstić information content (AvgIpc) is 1.82. The summed E-state index contributed by atoms with van der Waals surface area (Å²) in [5.74, 6) is -0.460. The van der Waals surface area contributed by atoms with Crippen LogP contribution in [-0.4, -0.2) is 18.1 Å². The second-order valence-electron chi connectivity index (χ2n) is 3.33. The van der Waals surface area contributed by atoms with Crippen molar-refractivity contribution in [1.29, 1.82) is 0 Å². The van der Waals surface area contributed by atoms with E-state index in [1.165, 1.54) is 6.08 Å². The largest absolute Gasteiger partial charge is 0.457 e. The summed E-state index contributed by atoms with van der Waals surface area (Å²) in [6, 6.07) is 0. The number of hydrogen-bond acceptors (Lipinski definition) is 3. The first-order valence-corrected chi connectivity index (χ1v) is 4.02. The monoisotopic (exact) mass is 191 g/mol. The molecular formula is C8H14ClNO2. The maximum Gasteiger partial charge on any atom is 0.332 e. The van der Waals surface area contributed by atoms with Crippen LogP contribution in [0.4, 0.5) is 0 Å². The van der Waals surface area contributed by atoms with E-state index in [4.69, 9.17) is 22.1 Å². The molecule has 0 bridgehead atoms. The van der Waals surface area contributed by atoms with Crippen molar-refractivity contribution in [3.63, 3.8) is 0 Å². The van der Waals surface area contributed by atoms with Crippen LogP contribution < -0.4 is 5.73 Å². The van der Waals surface area contributed by atoms with Crippen molar-refractivity contribution < 1.29 is 9.53 Å².